The Morgan fingerprint density at radius 2 is 1.69 bits per heavy atom. The van der Waals surface area contributed by atoms with E-state index in [1.54, 1.807) is 44.2 Å². The van der Waals surface area contributed by atoms with Crippen molar-refractivity contribution < 1.29 is 31.9 Å². The van der Waals surface area contributed by atoms with Gasteiger partial charge in [0.05, 0.1) is 56.9 Å². The number of aryl methyl sites for hydroxylation is 2. The molecule has 0 spiro atoms. The third-order valence-electron chi connectivity index (χ3n) is 7.02. The maximum absolute atomic E-state index is 13.8. The van der Waals surface area contributed by atoms with Crippen LogP contribution in [0.1, 0.15) is 51.9 Å². The van der Waals surface area contributed by atoms with Crippen molar-refractivity contribution >= 4 is 35.7 Å². The molecule has 0 aliphatic rings. The summed E-state index contributed by atoms with van der Waals surface area (Å²) in [5.41, 5.74) is 1.29. The van der Waals surface area contributed by atoms with Crippen molar-refractivity contribution in [2.24, 2.45) is 5.92 Å². The Hall–Kier alpha value is -3.57. The molecular formula is C32H44N4O7PS+. The van der Waals surface area contributed by atoms with E-state index in [1.165, 1.54) is 36.7 Å². The summed E-state index contributed by atoms with van der Waals surface area (Å²) in [7, 11) is -1.62. The maximum Gasteiger partial charge on any atom is 0.251 e. The summed E-state index contributed by atoms with van der Waals surface area (Å²) in [5.74, 6) is 0.882. The summed E-state index contributed by atoms with van der Waals surface area (Å²) < 4.78 is 45.5. The Labute approximate surface area is 267 Å². The molecule has 0 saturated heterocycles. The lowest BCUT2D eigenvalue weighted by Crippen LogP contribution is -2.52. The molecule has 3 rings (SSSR count). The van der Waals surface area contributed by atoms with Crippen LogP contribution in [0.2, 0.25) is 0 Å². The predicted molar refractivity (Wildman–Crippen MR) is 177 cm³/mol. The zero-order valence-corrected chi connectivity index (χ0v) is 28.7. The summed E-state index contributed by atoms with van der Waals surface area (Å²) in [6, 6.07) is 12.1. The van der Waals surface area contributed by atoms with Gasteiger partial charge in [-0.15, -0.1) is 0 Å². The largest absolute Gasteiger partial charge is 0.497 e. The van der Waals surface area contributed by atoms with Gasteiger partial charge in [-0.05, 0) is 55.3 Å². The highest BCUT2D eigenvalue weighted by Crippen LogP contribution is 2.24. The molecule has 0 bridgehead atoms. The van der Waals surface area contributed by atoms with Crippen LogP contribution in [0.4, 0.5) is 0 Å². The second kappa shape index (κ2) is 16.1. The van der Waals surface area contributed by atoms with E-state index in [0.29, 0.717) is 34.8 Å². The molecule has 244 valence electrons. The van der Waals surface area contributed by atoms with Crippen molar-refractivity contribution in [1.29, 1.82) is 0 Å². The van der Waals surface area contributed by atoms with Gasteiger partial charge in [-0.25, -0.2) is 13.4 Å². The smallest absolute Gasteiger partial charge is 0.251 e. The number of aromatic nitrogens is 1. The molecule has 2 aromatic carbocycles. The molecule has 0 aliphatic heterocycles. The minimum absolute atomic E-state index is 0.0140. The number of nitrogens with zero attached hydrogens (tertiary/aromatic N) is 2. The van der Waals surface area contributed by atoms with Gasteiger partial charge in [0.25, 0.3) is 11.8 Å². The number of amides is 2. The van der Waals surface area contributed by atoms with E-state index in [1.807, 2.05) is 20.5 Å². The molecule has 0 aliphatic carbocycles. The Kier molecular flexibility index (Phi) is 12.9. The Bertz CT molecular complexity index is 1590. The first-order chi connectivity index (χ1) is 21.2. The Balaban J connectivity index is 1.81. The third-order valence-corrected chi connectivity index (χ3v) is 9.88. The number of nitrogens with one attached hydrogen (secondary N) is 2. The van der Waals surface area contributed by atoms with Crippen molar-refractivity contribution in [3.8, 4) is 5.75 Å². The van der Waals surface area contributed by atoms with E-state index in [9.17, 15) is 18.0 Å². The average Bonchev–Trinajstić information content (AvgIpc) is 3.33. The molecule has 0 fully saturated rings. The number of rotatable bonds is 16. The lowest BCUT2D eigenvalue weighted by atomic mass is 10.1. The number of hydrogen-bond donors (Lipinski definition) is 2. The van der Waals surface area contributed by atoms with Gasteiger partial charge in [-0.2, -0.15) is 4.31 Å². The summed E-state index contributed by atoms with van der Waals surface area (Å²) in [4.78, 5) is 30.8. The van der Waals surface area contributed by atoms with Crippen LogP contribution in [0.3, 0.4) is 0 Å². The van der Waals surface area contributed by atoms with Crippen LogP contribution in [0.25, 0.3) is 0 Å². The minimum Gasteiger partial charge on any atom is -0.497 e. The van der Waals surface area contributed by atoms with Gasteiger partial charge >= 0.3 is 0 Å². The van der Waals surface area contributed by atoms with Crippen molar-refractivity contribution in [2.45, 2.75) is 51.3 Å². The lowest BCUT2D eigenvalue weighted by molar-refractivity contribution is 0.0533. The molecule has 45 heavy (non-hydrogen) atoms. The summed E-state index contributed by atoms with van der Waals surface area (Å²) >= 11 is 0. The Morgan fingerprint density at radius 1 is 1.04 bits per heavy atom. The number of oxazole rings is 1. The highest BCUT2D eigenvalue weighted by molar-refractivity contribution is 7.89. The van der Waals surface area contributed by atoms with Crippen LogP contribution in [0, 0.1) is 19.8 Å². The van der Waals surface area contributed by atoms with Gasteiger partial charge < -0.3 is 24.5 Å². The van der Waals surface area contributed by atoms with Crippen molar-refractivity contribution in [1.82, 2.24) is 19.9 Å². The van der Waals surface area contributed by atoms with E-state index in [4.69, 9.17) is 13.9 Å². The zero-order chi connectivity index (χ0) is 33.3. The average molecular weight is 660 g/mol. The summed E-state index contributed by atoms with van der Waals surface area (Å²) in [6.07, 6.45) is 3.98. The molecule has 1 aromatic heterocycles. The molecular weight excluding hydrogens is 615 g/mol. The van der Waals surface area contributed by atoms with Crippen LogP contribution >= 0.6 is 7.55 Å². The molecule has 3 atom stereocenters. The fourth-order valence-electron chi connectivity index (χ4n) is 4.79. The highest BCUT2D eigenvalue weighted by atomic mass is 32.2. The summed E-state index contributed by atoms with van der Waals surface area (Å²) in [5, 5.41) is 5.84. The molecule has 3 aromatic rings. The van der Waals surface area contributed by atoms with Crippen LogP contribution in [0.15, 0.2) is 57.8 Å². The van der Waals surface area contributed by atoms with E-state index < -0.39 is 35.6 Å². The van der Waals surface area contributed by atoms with Crippen LogP contribution in [-0.4, -0.2) is 88.1 Å². The first-order valence-corrected chi connectivity index (χ1v) is 18.2. The third kappa shape index (κ3) is 9.96. The number of carbonyl (C=O) groups excluding carboxylic acids is 2. The van der Waals surface area contributed by atoms with Gasteiger partial charge in [0, 0.05) is 38.2 Å². The van der Waals surface area contributed by atoms with Gasteiger partial charge in [0.15, 0.2) is 5.89 Å². The van der Waals surface area contributed by atoms with E-state index in [0.717, 1.165) is 0 Å². The van der Waals surface area contributed by atoms with Gasteiger partial charge in [-0.3, -0.25) is 9.59 Å². The quantitative estimate of drug-likeness (QED) is 0.218. The standard InChI is InChI=1S/C32H43N4O7PS/c1-21(2)18-36(45(39,40)27-14-12-26(41-5)13-15-27)19-30(42-6)28(20-44(7)8)35-32(38)25-11-9-10-24(16-25)31(37)33-17-29-22(3)34-23(4)43-29/h9-16,21,28,30H,7,17-20H2,1-6,8H3,(H-,33,35,37,38)/p+1. The van der Waals surface area contributed by atoms with Gasteiger partial charge in [0.2, 0.25) is 10.0 Å². The normalized spacial score (nSPS) is 13.4. The highest BCUT2D eigenvalue weighted by Gasteiger charge is 2.34. The molecule has 3 unspecified atom stereocenters. The van der Waals surface area contributed by atoms with E-state index >= 15 is 0 Å². The second-order valence-electron chi connectivity index (χ2n) is 11.3. The molecule has 11 nitrogen and oxygen atoms in total. The molecule has 0 radical (unpaired) electrons. The van der Waals surface area contributed by atoms with Crippen LogP contribution in [0.5, 0.6) is 5.75 Å². The number of methoxy groups -OCH3 is 2. The molecule has 13 heteroatoms. The maximum atomic E-state index is 13.8. The Morgan fingerprint density at radius 3 is 2.22 bits per heavy atom. The number of carbonyl (C=O) groups is 2. The first kappa shape index (κ1) is 35.9. The van der Waals surface area contributed by atoms with Gasteiger partial charge in [-0.1, -0.05) is 19.9 Å². The number of ether oxygens (including phenoxy) is 2. The van der Waals surface area contributed by atoms with Crippen molar-refractivity contribution in [2.75, 3.05) is 40.1 Å². The lowest BCUT2D eigenvalue weighted by Gasteiger charge is -2.31. The monoisotopic (exact) mass is 659 g/mol. The van der Waals surface area contributed by atoms with Crippen molar-refractivity contribution in [3.05, 3.63) is 77.0 Å². The summed E-state index contributed by atoms with van der Waals surface area (Å²) in [6.45, 7) is 9.83. The molecule has 1 heterocycles. The second-order valence-corrected chi connectivity index (χ2v) is 15.3. The molecule has 2 amide bonds. The zero-order valence-electron chi connectivity index (χ0n) is 27.0. The molecule has 2 N–H and O–H groups in total. The number of sulfonamides is 1. The minimum atomic E-state index is -3.89. The SMILES string of the molecule is C=[P+](C)CC(NC(=O)c1cccc(C(=O)NCc2oc(C)nc2C)c1)C(CN(CC(C)C)S(=O)(=O)c1ccc(OC)cc1)OC. The molecule has 0 saturated carbocycles. The van der Waals surface area contributed by atoms with Crippen LogP contribution in [-0.2, 0) is 21.3 Å². The fraction of sp³-hybridized carbons (Fsp3) is 0.438. The van der Waals surface area contributed by atoms with Gasteiger partial charge in [0.1, 0.15) is 17.7 Å². The number of hydrogen-bond acceptors (Lipinski definition) is 8. The van der Waals surface area contributed by atoms with E-state index in [2.05, 4.69) is 21.9 Å². The van der Waals surface area contributed by atoms with Crippen molar-refractivity contribution in [3.63, 3.8) is 0 Å². The van der Waals surface area contributed by atoms with E-state index in [-0.39, 0.29) is 41.9 Å². The number of benzene rings is 2. The van der Waals surface area contributed by atoms with Crippen LogP contribution < -0.4 is 15.4 Å². The predicted octanol–water partition coefficient (Wildman–Crippen LogP) is 4.23. The topological polar surface area (TPSA) is 140 Å². The first-order valence-electron chi connectivity index (χ1n) is 14.6. The fourth-order valence-corrected chi connectivity index (χ4v) is 7.40.